The van der Waals surface area contributed by atoms with Crippen LogP contribution in [0, 0.1) is 17.8 Å². The van der Waals surface area contributed by atoms with E-state index >= 15 is 0 Å². The second kappa shape index (κ2) is 4.05. The van der Waals surface area contributed by atoms with E-state index in [1.807, 2.05) is 13.8 Å². The number of nitrogens with one attached hydrogen (secondary N) is 1. The predicted octanol–water partition coefficient (Wildman–Crippen LogP) is 1.16. The molecule has 1 heterocycles. The predicted molar refractivity (Wildman–Crippen MR) is 67.7 cm³/mol. The van der Waals surface area contributed by atoms with Crippen LogP contribution in [-0.4, -0.2) is 35.3 Å². The summed E-state index contributed by atoms with van der Waals surface area (Å²) in [5.74, 6) is 2.07. The zero-order valence-corrected chi connectivity index (χ0v) is 11.2. The van der Waals surface area contributed by atoms with E-state index in [0.29, 0.717) is 19.0 Å². The van der Waals surface area contributed by atoms with Gasteiger partial charge in [0.05, 0.1) is 12.1 Å². The Hall–Kier alpha value is -0.900. The monoisotopic (exact) mass is 250 g/mol. The van der Waals surface area contributed by atoms with Crippen molar-refractivity contribution in [3.8, 4) is 0 Å². The lowest BCUT2D eigenvalue weighted by atomic mass is 9.87. The zero-order chi connectivity index (χ0) is 12.9. The summed E-state index contributed by atoms with van der Waals surface area (Å²) >= 11 is 0. The van der Waals surface area contributed by atoms with Crippen molar-refractivity contribution in [2.75, 3.05) is 13.1 Å². The summed E-state index contributed by atoms with van der Waals surface area (Å²) in [6.45, 7) is 4.66. The molecule has 0 aromatic heterocycles. The lowest BCUT2D eigenvalue weighted by molar-refractivity contribution is -0.153. The number of carbonyl (C=O) groups is 2. The largest absolute Gasteiger partial charge is 0.295 e. The Morgan fingerprint density at radius 1 is 1.28 bits per heavy atom. The highest BCUT2D eigenvalue weighted by Crippen LogP contribution is 2.48. The fourth-order valence-corrected chi connectivity index (χ4v) is 3.94. The second-order valence-electron chi connectivity index (χ2n) is 6.72. The zero-order valence-electron chi connectivity index (χ0n) is 11.2. The average Bonchev–Trinajstić information content (AvgIpc) is 2.92. The first-order chi connectivity index (χ1) is 8.47. The fourth-order valence-electron chi connectivity index (χ4n) is 3.94. The van der Waals surface area contributed by atoms with Crippen LogP contribution in [-0.2, 0) is 9.59 Å². The summed E-state index contributed by atoms with van der Waals surface area (Å²) in [5, 5.41) is 3.01. The number of amides is 2. The molecule has 3 rings (SSSR count). The van der Waals surface area contributed by atoms with Gasteiger partial charge in [-0.15, -0.1) is 0 Å². The Kier molecular flexibility index (Phi) is 2.73. The van der Waals surface area contributed by atoms with Crippen LogP contribution in [0.5, 0.6) is 0 Å². The van der Waals surface area contributed by atoms with Crippen molar-refractivity contribution >= 4 is 11.8 Å². The van der Waals surface area contributed by atoms with Crippen LogP contribution in [0.2, 0.25) is 0 Å². The number of imide groups is 1. The first-order valence-electron chi connectivity index (χ1n) is 7.07. The van der Waals surface area contributed by atoms with Gasteiger partial charge in [-0.05, 0) is 50.9 Å². The van der Waals surface area contributed by atoms with Crippen LogP contribution in [0.3, 0.4) is 0 Å². The van der Waals surface area contributed by atoms with E-state index in [-0.39, 0.29) is 11.8 Å². The molecule has 100 valence electrons. The Morgan fingerprint density at radius 2 is 2.06 bits per heavy atom. The van der Waals surface area contributed by atoms with Crippen molar-refractivity contribution in [1.82, 2.24) is 10.2 Å². The van der Waals surface area contributed by atoms with Gasteiger partial charge >= 0.3 is 0 Å². The van der Waals surface area contributed by atoms with Gasteiger partial charge in [-0.25, -0.2) is 0 Å². The highest BCUT2D eigenvalue weighted by molar-refractivity contribution is 6.03. The molecule has 0 radical (unpaired) electrons. The SMILES string of the molecule is CC1(C)NCC(=O)N(CC2CC3CCC2C3)C1=O. The van der Waals surface area contributed by atoms with Crippen LogP contribution in [0.25, 0.3) is 0 Å². The number of hydrogen-bond acceptors (Lipinski definition) is 3. The number of nitrogens with zero attached hydrogens (tertiary/aromatic N) is 1. The minimum absolute atomic E-state index is 0.0536. The first kappa shape index (κ1) is 12.2. The minimum atomic E-state index is -0.592. The van der Waals surface area contributed by atoms with Gasteiger partial charge < -0.3 is 0 Å². The molecule has 2 aliphatic carbocycles. The average molecular weight is 250 g/mol. The van der Waals surface area contributed by atoms with Crippen LogP contribution in [0.4, 0.5) is 0 Å². The lowest BCUT2D eigenvalue weighted by Gasteiger charge is -2.38. The third-order valence-electron chi connectivity index (χ3n) is 5.06. The normalized spacial score (nSPS) is 38.6. The van der Waals surface area contributed by atoms with E-state index in [1.165, 1.54) is 30.6 Å². The summed E-state index contributed by atoms with van der Waals surface area (Å²) < 4.78 is 0. The van der Waals surface area contributed by atoms with Gasteiger partial charge in [0, 0.05) is 6.54 Å². The van der Waals surface area contributed by atoms with E-state index in [0.717, 1.165) is 11.8 Å². The Morgan fingerprint density at radius 3 is 2.67 bits per heavy atom. The van der Waals surface area contributed by atoms with Crippen LogP contribution in [0.15, 0.2) is 0 Å². The van der Waals surface area contributed by atoms with E-state index in [2.05, 4.69) is 5.32 Å². The third kappa shape index (κ3) is 1.87. The van der Waals surface area contributed by atoms with Gasteiger partial charge in [-0.2, -0.15) is 0 Å². The maximum atomic E-state index is 12.3. The van der Waals surface area contributed by atoms with Crippen molar-refractivity contribution in [2.24, 2.45) is 17.8 Å². The Labute approximate surface area is 108 Å². The molecular weight excluding hydrogens is 228 g/mol. The molecular formula is C14H22N2O2. The molecule has 2 saturated carbocycles. The highest BCUT2D eigenvalue weighted by atomic mass is 16.2. The van der Waals surface area contributed by atoms with Gasteiger partial charge in [0.1, 0.15) is 0 Å². The van der Waals surface area contributed by atoms with Crippen LogP contribution >= 0.6 is 0 Å². The summed E-state index contributed by atoms with van der Waals surface area (Å²) in [7, 11) is 0. The molecule has 3 aliphatic rings. The molecule has 1 N–H and O–H groups in total. The summed E-state index contributed by atoms with van der Waals surface area (Å²) in [6.07, 6.45) is 5.20. The fraction of sp³-hybridized carbons (Fsp3) is 0.857. The number of hydrogen-bond donors (Lipinski definition) is 1. The standard InChI is InChI=1S/C14H22N2O2/c1-14(2)13(18)16(12(17)7-15-14)8-11-6-9-3-4-10(11)5-9/h9-11,15H,3-8H2,1-2H3. The highest BCUT2D eigenvalue weighted by Gasteiger charge is 2.45. The molecule has 0 spiro atoms. The molecule has 3 unspecified atom stereocenters. The molecule has 1 saturated heterocycles. The molecule has 3 fully saturated rings. The van der Waals surface area contributed by atoms with Gasteiger partial charge in [0.25, 0.3) is 0 Å². The number of piperazine rings is 1. The molecule has 4 nitrogen and oxygen atoms in total. The third-order valence-corrected chi connectivity index (χ3v) is 5.06. The van der Waals surface area contributed by atoms with Crippen LogP contribution in [0.1, 0.15) is 39.5 Å². The number of fused-ring (bicyclic) bond motifs is 2. The van der Waals surface area contributed by atoms with Crippen molar-refractivity contribution < 1.29 is 9.59 Å². The topological polar surface area (TPSA) is 49.4 Å². The van der Waals surface area contributed by atoms with Gasteiger partial charge in [-0.3, -0.25) is 19.8 Å². The summed E-state index contributed by atoms with van der Waals surface area (Å²) in [6, 6.07) is 0. The maximum Gasteiger partial charge on any atom is 0.248 e. The molecule has 2 amide bonds. The van der Waals surface area contributed by atoms with Crippen molar-refractivity contribution in [1.29, 1.82) is 0 Å². The van der Waals surface area contributed by atoms with E-state index in [1.54, 1.807) is 0 Å². The Balaban J connectivity index is 1.71. The molecule has 1 aliphatic heterocycles. The summed E-state index contributed by atoms with van der Waals surface area (Å²) in [4.78, 5) is 25.7. The van der Waals surface area contributed by atoms with Crippen molar-refractivity contribution in [2.45, 2.75) is 45.1 Å². The van der Waals surface area contributed by atoms with E-state index in [9.17, 15) is 9.59 Å². The van der Waals surface area contributed by atoms with E-state index < -0.39 is 5.54 Å². The maximum absolute atomic E-state index is 12.3. The molecule has 2 bridgehead atoms. The quantitative estimate of drug-likeness (QED) is 0.748. The number of rotatable bonds is 2. The van der Waals surface area contributed by atoms with E-state index in [4.69, 9.17) is 0 Å². The first-order valence-corrected chi connectivity index (χ1v) is 7.07. The van der Waals surface area contributed by atoms with Gasteiger partial charge in [-0.1, -0.05) is 6.42 Å². The van der Waals surface area contributed by atoms with Gasteiger partial charge in [0.2, 0.25) is 11.8 Å². The Bertz CT molecular complexity index is 391. The molecule has 18 heavy (non-hydrogen) atoms. The smallest absolute Gasteiger partial charge is 0.248 e. The molecule has 0 aromatic carbocycles. The van der Waals surface area contributed by atoms with Crippen molar-refractivity contribution in [3.63, 3.8) is 0 Å². The lowest BCUT2D eigenvalue weighted by Crippen LogP contribution is -2.64. The molecule has 0 aromatic rings. The minimum Gasteiger partial charge on any atom is -0.295 e. The molecule has 4 heteroatoms. The number of carbonyl (C=O) groups excluding carboxylic acids is 2. The van der Waals surface area contributed by atoms with Gasteiger partial charge in [0.15, 0.2) is 0 Å². The summed E-state index contributed by atoms with van der Waals surface area (Å²) in [5.41, 5.74) is -0.592. The second-order valence-corrected chi connectivity index (χ2v) is 6.72. The van der Waals surface area contributed by atoms with Crippen LogP contribution < -0.4 is 5.32 Å². The molecule has 3 atom stereocenters. The van der Waals surface area contributed by atoms with Crippen molar-refractivity contribution in [3.05, 3.63) is 0 Å².